The molecule has 0 fully saturated rings. The Morgan fingerprint density at radius 1 is 2.00 bits per heavy atom. The zero-order chi connectivity index (χ0) is 3.70. The molecule has 0 spiro atoms. The molecule has 5 heavy (non-hydrogen) atoms. The van der Waals surface area contributed by atoms with Crippen LogP contribution >= 0.6 is 8.88 Å². The molecular formula is CH4N2OP+. The summed E-state index contributed by atoms with van der Waals surface area (Å²) in [5, 5.41) is 8.05. The minimum Gasteiger partial charge on any atom is -0.338 e. The van der Waals surface area contributed by atoms with Gasteiger partial charge in [-0.1, -0.05) is 4.47 Å². The third kappa shape index (κ3) is 0.635. The van der Waals surface area contributed by atoms with Crippen LogP contribution in [0.3, 0.4) is 0 Å². The standard InChI is InChI=1S/CH4N2OP/c4-1-3-2-5-3/h4-5H,1H2/q+1. The molecular weight excluding hydrogens is 87.0 g/mol. The fraction of sp³-hybridized carbons (Fsp3) is 1.00. The predicted octanol–water partition coefficient (Wildman–Crippen LogP) is -0.0770. The normalized spacial score (nSPS) is 23.0. The molecule has 1 N–H and O–H groups in total. The van der Waals surface area contributed by atoms with Crippen molar-refractivity contribution in [3.63, 3.8) is 0 Å². The van der Waals surface area contributed by atoms with Crippen molar-refractivity contribution in [2.45, 2.75) is 0 Å². The van der Waals surface area contributed by atoms with E-state index in [2.05, 4.69) is 4.88 Å². The van der Waals surface area contributed by atoms with Gasteiger partial charge in [0.15, 0.2) is 0 Å². The minimum atomic E-state index is 0.0957. The number of hydrogen-bond donors (Lipinski definition) is 1. The van der Waals surface area contributed by atoms with Crippen LogP contribution in [-0.2, 0) is 0 Å². The highest BCUT2D eigenvalue weighted by atomic mass is 31.1. The molecule has 0 saturated carbocycles. The molecule has 1 atom stereocenters. The molecule has 0 amide bonds. The number of aliphatic hydroxyl groups is 1. The summed E-state index contributed by atoms with van der Waals surface area (Å²) in [6.45, 7) is 0.0957. The smallest absolute Gasteiger partial charge is 0.338 e. The first-order chi connectivity index (χ1) is 2.43. The second kappa shape index (κ2) is 0.994. The molecule has 1 aliphatic heterocycles. The van der Waals surface area contributed by atoms with Crippen LogP contribution in [0.5, 0.6) is 0 Å². The van der Waals surface area contributed by atoms with Gasteiger partial charge in [-0.05, 0) is 0 Å². The Labute approximate surface area is 31.2 Å². The van der Waals surface area contributed by atoms with E-state index in [0.717, 1.165) is 0 Å². The summed E-state index contributed by atoms with van der Waals surface area (Å²) in [6, 6.07) is 0. The van der Waals surface area contributed by atoms with E-state index in [1.165, 1.54) is 0 Å². The van der Waals surface area contributed by atoms with E-state index >= 15 is 0 Å². The quantitative estimate of drug-likeness (QED) is 0.450. The van der Waals surface area contributed by atoms with Gasteiger partial charge in [0.25, 0.3) is 6.73 Å². The Balaban J connectivity index is 2.22. The molecule has 1 rings (SSSR count). The van der Waals surface area contributed by atoms with Gasteiger partial charge in [0.1, 0.15) is 0 Å². The molecule has 3 nitrogen and oxygen atoms in total. The fourth-order valence-electron chi connectivity index (χ4n) is 0.0949. The van der Waals surface area contributed by atoms with Gasteiger partial charge in [-0.2, -0.15) is 0 Å². The van der Waals surface area contributed by atoms with Gasteiger partial charge in [0.05, 0.1) is 4.88 Å². The molecule has 0 aliphatic carbocycles. The molecule has 1 unspecified atom stereocenters. The molecule has 0 aromatic carbocycles. The van der Waals surface area contributed by atoms with Crippen LogP contribution < -0.4 is 0 Å². The first-order valence-corrected chi connectivity index (χ1v) is 2.17. The van der Waals surface area contributed by atoms with Gasteiger partial charge in [-0.25, -0.2) is 0 Å². The van der Waals surface area contributed by atoms with Gasteiger partial charge in [-0.3, -0.25) is 0 Å². The fourth-order valence-corrected chi connectivity index (χ4v) is 0.285. The van der Waals surface area contributed by atoms with Crippen LogP contribution in [0.2, 0.25) is 0 Å². The number of rotatable bonds is 1. The highest BCUT2D eigenvalue weighted by molar-refractivity contribution is 7.32. The molecule has 1 aliphatic rings. The lowest BCUT2D eigenvalue weighted by Gasteiger charge is -1.57. The molecule has 28 valence electrons. The van der Waals surface area contributed by atoms with E-state index < -0.39 is 0 Å². The Hall–Kier alpha value is -0.0100. The molecule has 0 radical (unpaired) electrons. The Kier molecular flexibility index (Phi) is 0.634. The van der Waals surface area contributed by atoms with Crippen molar-refractivity contribution >= 4 is 8.88 Å². The molecule has 4 heteroatoms. The molecule has 0 aromatic rings. The van der Waals surface area contributed by atoms with Crippen LogP contribution in [0.15, 0.2) is 4.88 Å². The van der Waals surface area contributed by atoms with E-state index in [-0.39, 0.29) is 6.73 Å². The summed E-state index contributed by atoms with van der Waals surface area (Å²) in [6.07, 6.45) is 0. The van der Waals surface area contributed by atoms with Crippen molar-refractivity contribution < 1.29 is 9.57 Å². The number of hydrogen-bond acceptors (Lipinski definition) is 2. The monoisotopic (exact) mass is 91.0 g/mol. The first kappa shape index (κ1) is 3.19. The third-order valence-electron chi connectivity index (χ3n) is 0.375. The van der Waals surface area contributed by atoms with Gasteiger partial charge in [-0.15, -0.1) is 0 Å². The second-order valence-corrected chi connectivity index (χ2v) is 1.66. The van der Waals surface area contributed by atoms with Crippen LogP contribution in [-0.4, -0.2) is 16.3 Å². The van der Waals surface area contributed by atoms with Crippen LogP contribution in [0.1, 0.15) is 0 Å². The van der Waals surface area contributed by atoms with E-state index in [9.17, 15) is 0 Å². The van der Waals surface area contributed by atoms with Crippen molar-refractivity contribution in [1.82, 2.24) is 0 Å². The number of aliphatic hydroxyl groups excluding tert-OH is 1. The minimum absolute atomic E-state index is 0.0957. The molecule has 0 aromatic heterocycles. The summed E-state index contributed by atoms with van der Waals surface area (Å²) in [7, 11) is 0.533. The zero-order valence-corrected chi connectivity index (χ0v) is 3.55. The predicted molar refractivity (Wildman–Crippen MR) is 18.1 cm³/mol. The van der Waals surface area contributed by atoms with Crippen LogP contribution in [0.25, 0.3) is 0 Å². The third-order valence-corrected chi connectivity index (χ3v) is 1.000. The summed E-state index contributed by atoms with van der Waals surface area (Å²) in [4.78, 5) is 3.63. The first-order valence-electron chi connectivity index (χ1n) is 1.28. The van der Waals surface area contributed by atoms with Crippen LogP contribution in [0, 0.1) is 0 Å². The maximum atomic E-state index is 8.05. The Morgan fingerprint density at radius 2 is 2.60 bits per heavy atom. The maximum Gasteiger partial charge on any atom is 0.389 e. The van der Waals surface area contributed by atoms with Gasteiger partial charge in [0, 0.05) is 0 Å². The maximum absolute atomic E-state index is 8.05. The summed E-state index contributed by atoms with van der Waals surface area (Å²) >= 11 is 0. The van der Waals surface area contributed by atoms with Crippen molar-refractivity contribution in [2.75, 3.05) is 6.73 Å². The SMILES string of the molecule is OC[N+]1=NP1. The Morgan fingerprint density at radius 3 is 2.60 bits per heavy atom. The highest BCUT2D eigenvalue weighted by Gasteiger charge is 2.18. The largest absolute Gasteiger partial charge is 0.389 e. The molecule has 1 heterocycles. The summed E-state index contributed by atoms with van der Waals surface area (Å²) in [5.74, 6) is 0. The molecule has 0 bridgehead atoms. The average Bonchev–Trinajstić information content (AvgIpc) is 2.12. The van der Waals surface area contributed by atoms with Gasteiger partial charge in [0.2, 0.25) is 0 Å². The number of nitrogens with zero attached hydrogens (tertiary/aromatic N) is 2. The van der Waals surface area contributed by atoms with E-state index in [0.29, 0.717) is 8.88 Å². The summed E-state index contributed by atoms with van der Waals surface area (Å²) in [5.41, 5.74) is 0. The van der Waals surface area contributed by atoms with Crippen molar-refractivity contribution in [1.29, 1.82) is 0 Å². The van der Waals surface area contributed by atoms with Crippen molar-refractivity contribution in [3.8, 4) is 0 Å². The van der Waals surface area contributed by atoms with E-state index in [1.807, 2.05) is 0 Å². The lowest BCUT2D eigenvalue weighted by Crippen LogP contribution is -1.82. The lowest BCUT2D eigenvalue weighted by atomic mass is 11.4. The lowest BCUT2D eigenvalue weighted by molar-refractivity contribution is -0.418. The zero-order valence-electron chi connectivity index (χ0n) is 2.55. The van der Waals surface area contributed by atoms with E-state index in [4.69, 9.17) is 5.11 Å². The van der Waals surface area contributed by atoms with Crippen molar-refractivity contribution in [2.24, 2.45) is 4.88 Å². The average molecular weight is 91.0 g/mol. The van der Waals surface area contributed by atoms with E-state index in [1.54, 1.807) is 4.47 Å². The molecule has 0 saturated heterocycles. The summed E-state index contributed by atoms with van der Waals surface area (Å²) < 4.78 is 1.58. The van der Waals surface area contributed by atoms with Gasteiger partial charge >= 0.3 is 8.88 Å². The van der Waals surface area contributed by atoms with Crippen molar-refractivity contribution in [3.05, 3.63) is 0 Å². The highest BCUT2D eigenvalue weighted by Crippen LogP contribution is 2.28. The van der Waals surface area contributed by atoms with Gasteiger partial charge < -0.3 is 5.11 Å². The van der Waals surface area contributed by atoms with Crippen LogP contribution in [0.4, 0.5) is 0 Å². The second-order valence-electron chi connectivity index (χ2n) is 0.741. The Bertz CT molecular complexity index is 70.0. The topological polar surface area (TPSA) is 35.6 Å².